The first-order valence-corrected chi connectivity index (χ1v) is 21.9. The van der Waals surface area contributed by atoms with Crippen molar-refractivity contribution in [1.82, 2.24) is 0 Å². The quantitative estimate of drug-likeness (QED) is 0.128. The van der Waals surface area contributed by atoms with Gasteiger partial charge in [-0.25, -0.2) is 0 Å². The minimum absolute atomic E-state index is 0.267. The van der Waals surface area contributed by atoms with Gasteiger partial charge in [-0.15, -0.1) is 0 Å². The molecule has 0 fully saturated rings. The second-order valence-electron chi connectivity index (χ2n) is 16.6. The lowest BCUT2D eigenvalue weighted by Gasteiger charge is -2.23. The molecule has 6 aromatic carbocycles. The molecule has 4 aliphatic rings. The highest BCUT2D eigenvalue weighted by Gasteiger charge is 2.37. The minimum Gasteiger partial charge on any atom is -0.457 e. The lowest BCUT2D eigenvalue weighted by molar-refractivity contribution is -0.102. The van der Waals surface area contributed by atoms with Gasteiger partial charge in [-0.05, 0) is 160 Å². The van der Waals surface area contributed by atoms with Gasteiger partial charge < -0.3 is 23.0 Å². The molecule has 0 amide bonds. The van der Waals surface area contributed by atoms with Crippen LogP contribution in [0.25, 0.3) is 40.7 Å². The van der Waals surface area contributed by atoms with E-state index in [4.69, 9.17) is 23.0 Å². The summed E-state index contributed by atoms with van der Waals surface area (Å²) < 4.78 is 46.5. The molecule has 10 rings (SSSR count). The first kappa shape index (κ1) is 37.8. The van der Waals surface area contributed by atoms with E-state index in [1.165, 1.54) is 61.2 Å². The maximum atomic E-state index is 15.2. The van der Waals surface area contributed by atoms with Crippen molar-refractivity contribution in [3.05, 3.63) is 200 Å². The number of hydrogen-bond acceptors (Lipinski definition) is 6. The molecule has 0 saturated heterocycles. The van der Waals surface area contributed by atoms with Crippen LogP contribution in [0.5, 0.6) is 17.2 Å². The molecule has 7 heteroatoms. The predicted octanol–water partition coefficient (Wildman–Crippen LogP) is 13.6. The van der Waals surface area contributed by atoms with E-state index >= 15 is 4.57 Å². The molecule has 0 unspecified atom stereocenters. The van der Waals surface area contributed by atoms with Crippen molar-refractivity contribution in [2.75, 3.05) is 0 Å². The van der Waals surface area contributed by atoms with Crippen LogP contribution in [0.3, 0.4) is 0 Å². The van der Waals surface area contributed by atoms with Crippen LogP contribution in [0.2, 0.25) is 0 Å². The molecular weight excluding hydrogens is 764 g/mol. The zero-order chi connectivity index (χ0) is 41.2. The van der Waals surface area contributed by atoms with Gasteiger partial charge in [-0.3, -0.25) is 0 Å². The van der Waals surface area contributed by atoms with Crippen molar-refractivity contribution in [3.8, 4) is 17.2 Å². The maximum absolute atomic E-state index is 15.2. The SMILES string of the molecule is Cc1cccc2c1C=C(c1ccc(OP(=O)(Oc3ccc(C4=Cc5c(C)cccc5C4)cc3)Oc3ccc(C4=Cc5c(C)cccc5C4)cc3C3=COC(C)(C)O3)cc1)C2. The highest BCUT2D eigenvalue weighted by Crippen LogP contribution is 2.53. The number of hydrogen-bond donors (Lipinski definition) is 0. The van der Waals surface area contributed by atoms with Gasteiger partial charge in [0.25, 0.3) is 0 Å². The topological polar surface area (TPSA) is 63.2 Å². The standard InChI is InChI=1S/C53H45O6P/c1-33-9-6-12-39-25-42(29-47(33)39)36-15-20-45(21-16-36)57-60(54,58-46-22-17-37(18-23-46)43-26-40-13-7-10-34(2)48(40)30-43)59-51-24-19-38(28-50(51)52-32-55-53(4,5)56-52)44-27-41-14-8-11-35(3)49(41)31-44/h6-24,28-32H,25-27H2,1-5H3. The van der Waals surface area contributed by atoms with Crippen LogP contribution in [-0.4, -0.2) is 5.79 Å². The predicted molar refractivity (Wildman–Crippen MR) is 241 cm³/mol. The van der Waals surface area contributed by atoms with Gasteiger partial charge in [0.1, 0.15) is 23.5 Å². The molecule has 0 bridgehead atoms. The van der Waals surface area contributed by atoms with Crippen LogP contribution < -0.4 is 13.6 Å². The van der Waals surface area contributed by atoms with E-state index in [9.17, 15) is 0 Å². The van der Waals surface area contributed by atoms with E-state index in [0.29, 0.717) is 22.8 Å². The average Bonchev–Trinajstić information content (AvgIpc) is 4.04. The Balaban J connectivity index is 0.980. The van der Waals surface area contributed by atoms with Crippen LogP contribution in [0.4, 0.5) is 0 Å². The molecule has 60 heavy (non-hydrogen) atoms. The molecule has 298 valence electrons. The van der Waals surface area contributed by atoms with E-state index in [1.54, 1.807) is 12.3 Å². The first-order chi connectivity index (χ1) is 29.0. The molecule has 0 atom stereocenters. The lowest BCUT2D eigenvalue weighted by atomic mass is 10.00. The summed E-state index contributed by atoms with van der Waals surface area (Å²) in [6.45, 7) is 10.1. The molecule has 1 aliphatic heterocycles. The van der Waals surface area contributed by atoms with Crippen molar-refractivity contribution in [2.45, 2.75) is 59.7 Å². The first-order valence-electron chi connectivity index (χ1n) is 20.4. The van der Waals surface area contributed by atoms with E-state index in [1.807, 2.05) is 74.5 Å². The van der Waals surface area contributed by atoms with Crippen molar-refractivity contribution in [2.24, 2.45) is 0 Å². The van der Waals surface area contributed by atoms with Gasteiger partial charge in [0.2, 0.25) is 5.79 Å². The summed E-state index contributed by atoms with van der Waals surface area (Å²) in [5.41, 5.74) is 18.7. The summed E-state index contributed by atoms with van der Waals surface area (Å²) in [5.74, 6) is 0.513. The Kier molecular flexibility index (Phi) is 9.22. The van der Waals surface area contributed by atoms with Gasteiger partial charge in [0.05, 0.1) is 5.56 Å². The third kappa shape index (κ3) is 7.26. The van der Waals surface area contributed by atoms with Gasteiger partial charge in [0.15, 0.2) is 5.76 Å². The molecule has 1 heterocycles. The summed E-state index contributed by atoms with van der Waals surface area (Å²) >= 11 is 0. The largest absolute Gasteiger partial charge is 0.647 e. The molecule has 0 radical (unpaired) electrons. The highest BCUT2D eigenvalue weighted by atomic mass is 31.2. The highest BCUT2D eigenvalue weighted by molar-refractivity contribution is 7.49. The number of aryl methyl sites for hydroxylation is 3. The zero-order valence-corrected chi connectivity index (χ0v) is 35.3. The second-order valence-corrected chi connectivity index (χ2v) is 18.0. The fourth-order valence-electron chi connectivity index (χ4n) is 8.68. The zero-order valence-electron chi connectivity index (χ0n) is 34.4. The number of phosphoric acid groups is 1. The van der Waals surface area contributed by atoms with Crippen LogP contribution in [0, 0.1) is 20.8 Å². The van der Waals surface area contributed by atoms with Gasteiger partial charge in [0, 0.05) is 13.8 Å². The summed E-state index contributed by atoms with van der Waals surface area (Å²) in [6, 6.07) is 40.2. The summed E-state index contributed by atoms with van der Waals surface area (Å²) in [4.78, 5) is 0. The van der Waals surface area contributed by atoms with Crippen molar-refractivity contribution in [3.63, 3.8) is 0 Å². The molecule has 6 nitrogen and oxygen atoms in total. The molecule has 0 N–H and O–H groups in total. The smallest absolute Gasteiger partial charge is 0.457 e. The minimum atomic E-state index is -4.44. The Morgan fingerprint density at radius 2 is 0.967 bits per heavy atom. The van der Waals surface area contributed by atoms with Gasteiger partial charge in [-0.1, -0.05) is 103 Å². The molecule has 0 saturated carbocycles. The van der Waals surface area contributed by atoms with E-state index in [-0.39, 0.29) is 5.75 Å². The average molecular weight is 809 g/mol. The molecule has 0 spiro atoms. The Morgan fingerprint density at radius 3 is 1.38 bits per heavy atom. The summed E-state index contributed by atoms with van der Waals surface area (Å²) in [6.07, 6.45) is 10.8. The molecular formula is C53H45O6P. The third-order valence-electron chi connectivity index (χ3n) is 11.9. The second kappa shape index (κ2) is 14.7. The molecule has 6 aromatic rings. The fraction of sp³-hybridized carbons (Fsp3) is 0.170. The van der Waals surface area contributed by atoms with Crippen LogP contribution >= 0.6 is 7.82 Å². The third-order valence-corrected chi connectivity index (χ3v) is 13.1. The Morgan fingerprint density at radius 1 is 0.533 bits per heavy atom. The fourth-order valence-corrected chi connectivity index (χ4v) is 9.95. The van der Waals surface area contributed by atoms with Gasteiger partial charge >= 0.3 is 7.82 Å². The molecule has 3 aliphatic carbocycles. The van der Waals surface area contributed by atoms with Crippen LogP contribution in [-0.2, 0) is 33.3 Å². The Labute approximate surface area is 351 Å². The monoisotopic (exact) mass is 808 g/mol. The summed E-state index contributed by atoms with van der Waals surface area (Å²) in [5, 5.41) is 0. The number of rotatable bonds is 10. The van der Waals surface area contributed by atoms with Crippen molar-refractivity contribution >= 4 is 48.5 Å². The lowest BCUT2D eigenvalue weighted by Crippen LogP contribution is -2.20. The number of fused-ring (bicyclic) bond motifs is 3. The Hall–Kier alpha value is -6.49. The summed E-state index contributed by atoms with van der Waals surface area (Å²) in [7, 11) is -4.44. The van der Waals surface area contributed by atoms with Crippen molar-refractivity contribution < 1.29 is 27.6 Å². The number of ether oxygens (including phenoxy) is 2. The number of phosphoric ester groups is 1. The van der Waals surface area contributed by atoms with E-state index < -0.39 is 13.6 Å². The van der Waals surface area contributed by atoms with E-state index in [0.717, 1.165) is 41.5 Å². The van der Waals surface area contributed by atoms with Crippen LogP contribution in [0.15, 0.2) is 128 Å². The van der Waals surface area contributed by atoms with Crippen molar-refractivity contribution in [1.29, 1.82) is 0 Å². The normalized spacial score (nSPS) is 15.8. The maximum Gasteiger partial charge on any atom is 0.647 e. The van der Waals surface area contributed by atoms with Crippen LogP contribution in [0.1, 0.15) is 86.2 Å². The molecule has 0 aromatic heterocycles. The van der Waals surface area contributed by atoms with E-state index in [2.05, 4.69) is 93.6 Å². The number of allylic oxidation sites excluding steroid dienone is 3. The Bertz CT molecular complexity index is 2770. The van der Waals surface area contributed by atoms with Gasteiger partial charge in [-0.2, -0.15) is 4.57 Å². The number of benzene rings is 6.